The van der Waals surface area contributed by atoms with Gasteiger partial charge >= 0.3 is 0 Å². The van der Waals surface area contributed by atoms with Gasteiger partial charge in [0.05, 0.1) is 6.61 Å². The summed E-state index contributed by atoms with van der Waals surface area (Å²) in [7, 11) is -4.20. The van der Waals surface area contributed by atoms with E-state index in [9.17, 15) is 17.2 Å². The number of nitrogens with zero attached hydrogens (tertiary/aromatic N) is 1. The Morgan fingerprint density at radius 2 is 1.86 bits per heavy atom. The van der Waals surface area contributed by atoms with Gasteiger partial charge in [-0.25, -0.2) is 17.2 Å². The SMILES string of the molecule is CCC(CC)N(CCO)S(=O)(=O)c1ccc(F)c(N)c1F. The normalized spacial score (nSPS) is 12.3. The number of rotatable bonds is 7. The van der Waals surface area contributed by atoms with Crippen molar-refractivity contribution in [3.05, 3.63) is 23.8 Å². The third-order valence-electron chi connectivity index (χ3n) is 3.35. The summed E-state index contributed by atoms with van der Waals surface area (Å²) in [5.74, 6) is -2.31. The van der Waals surface area contributed by atoms with Crippen LogP contribution >= 0.6 is 0 Å². The van der Waals surface area contributed by atoms with Crippen molar-refractivity contribution in [2.24, 2.45) is 0 Å². The molecule has 0 amide bonds. The van der Waals surface area contributed by atoms with Crippen LogP contribution in [0.3, 0.4) is 0 Å². The fourth-order valence-electron chi connectivity index (χ4n) is 2.17. The number of hydrogen-bond acceptors (Lipinski definition) is 4. The van der Waals surface area contributed by atoms with Crippen molar-refractivity contribution in [1.29, 1.82) is 0 Å². The number of aliphatic hydroxyl groups is 1. The van der Waals surface area contributed by atoms with Crippen LogP contribution in [-0.2, 0) is 10.0 Å². The first kappa shape index (κ1) is 17.8. The molecule has 5 nitrogen and oxygen atoms in total. The predicted molar refractivity (Wildman–Crippen MR) is 76.1 cm³/mol. The molecule has 21 heavy (non-hydrogen) atoms. The Morgan fingerprint density at radius 1 is 1.29 bits per heavy atom. The molecule has 0 bridgehead atoms. The van der Waals surface area contributed by atoms with E-state index in [1.807, 2.05) is 0 Å². The van der Waals surface area contributed by atoms with Crippen LogP contribution < -0.4 is 5.73 Å². The molecule has 8 heteroatoms. The van der Waals surface area contributed by atoms with Crippen molar-refractivity contribution >= 4 is 15.7 Å². The molecule has 0 aliphatic carbocycles. The van der Waals surface area contributed by atoms with Crippen LogP contribution in [0.25, 0.3) is 0 Å². The van der Waals surface area contributed by atoms with E-state index >= 15 is 0 Å². The van der Waals surface area contributed by atoms with Gasteiger partial charge in [-0.1, -0.05) is 13.8 Å². The molecule has 0 atom stereocenters. The predicted octanol–water partition coefficient (Wildman–Crippen LogP) is 1.72. The Morgan fingerprint density at radius 3 is 2.33 bits per heavy atom. The fourth-order valence-corrected chi connectivity index (χ4v) is 4.01. The molecular formula is C13H20F2N2O3S. The Labute approximate surface area is 123 Å². The maximum Gasteiger partial charge on any atom is 0.246 e. The molecule has 0 fully saturated rings. The van der Waals surface area contributed by atoms with Crippen molar-refractivity contribution in [1.82, 2.24) is 4.31 Å². The zero-order chi connectivity index (χ0) is 16.2. The molecule has 0 saturated heterocycles. The number of nitrogens with two attached hydrogens (primary N) is 1. The van der Waals surface area contributed by atoms with Gasteiger partial charge in [-0.15, -0.1) is 0 Å². The van der Waals surface area contributed by atoms with E-state index < -0.39 is 38.8 Å². The van der Waals surface area contributed by atoms with Crippen LogP contribution in [0.2, 0.25) is 0 Å². The summed E-state index contributed by atoms with van der Waals surface area (Å²) in [6, 6.07) is 1.28. The van der Waals surface area contributed by atoms with Gasteiger partial charge in [0.15, 0.2) is 5.82 Å². The molecule has 0 unspecified atom stereocenters. The molecule has 120 valence electrons. The summed E-state index contributed by atoms with van der Waals surface area (Å²) < 4.78 is 53.3. The molecule has 0 heterocycles. The lowest BCUT2D eigenvalue weighted by Crippen LogP contribution is -2.41. The molecule has 3 N–H and O–H groups in total. The molecule has 0 radical (unpaired) electrons. The Bertz CT molecular complexity index is 589. The summed E-state index contributed by atoms with van der Waals surface area (Å²) in [5, 5.41) is 9.07. The molecule has 0 saturated carbocycles. The van der Waals surface area contributed by atoms with Crippen LogP contribution in [0.1, 0.15) is 26.7 Å². The minimum atomic E-state index is -4.20. The van der Waals surface area contributed by atoms with Gasteiger partial charge in [0.1, 0.15) is 16.4 Å². The summed E-state index contributed by atoms with van der Waals surface area (Å²) >= 11 is 0. The highest BCUT2D eigenvalue weighted by Gasteiger charge is 2.32. The van der Waals surface area contributed by atoms with Gasteiger partial charge < -0.3 is 10.8 Å². The molecular weight excluding hydrogens is 302 g/mol. The standard InChI is InChI=1S/C13H20F2N2O3S/c1-3-9(4-2)17(7-8-18)21(19,20)11-6-5-10(14)13(16)12(11)15/h5-6,9,18H,3-4,7-8,16H2,1-2H3. The molecule has 1 aromatic carbocycles. The van der Waals surface area contributed by atoms with E-state index in [0.717, 1.165) is 16.4 Å². The van der Waals surface area contributed by atoms with Gasteiger partial charge in [-0.3, -0.25) is 0 Å². The lowest BCUT2D eigenvalue weighted by atomic mass is 10.2. The maximum absolute atomic E-state index is 14.0. The quantitative estimate of drug-likeness (QED) is 0.749. The number of sulfonamides is 1. The number of nitrogen functional groups attached to an aromatic ring is 1. The Balaban J connectivity index is 3.39. The van der Waals surface area contributed by atoms with Gasteiger partial charge in [0, 0.05) is 12.6 Å². The lowest BCUT2D eigenvalue weighted by molar-refractivity contribution is 0.219. The second-order valence-electron chi connectivity index (χ2n) is 4.58. The van der Waals surface area contributed by atoms with E-state index in [4.69, 9.17) is 10.8 Å². The highest BCUT2D eigenvalue weighted by molar-refractivity contribution is 7.89. The smallest absolute Gasteiger partial charge is 0.246 e. The molecule has 0 spiro atoms. The number of anilines is 1. The van der Waals surface area contributed by atoms with E-state index in [1.54, 1.807) is 13.8 Å². The first-order chi connectivity index (χ1) is 9.81. The van der Waals surface area contributed by atoms with E-state index in [1.165, 1.54) is 0 Å². The summed E-state index contributed by atoms with van der Waals surface area (Å²) in [5.41, 5.74) is 4.38. The van der Waals surface area contributed by atoms with Crippen LogP contribution in [0.4, 0.5) is 14.5 Å². The zero-order valence-corrected chi connectivity index (χ0v) is 12.8. The topological polar surface area (TPSA) is 83.6 Å². The lowest BCUT2D eigenvalue weighted by Gasteiger charge is -2.29. The molecule has 1 aromatic rings. The van der Waals surface area contributed by atoms with Gasteiger partial charge in [0.25, 0.3) is 0 Å². The Kier molecular flexibility index (Phi) is 6.06. The van der Waals surface area contributed by atoms with Gasteiger partial charge in [-0.05, 0) is 25.0 Å². The number of benzene rings is 1. The van der Waals surface area contributed by atoms with Gasteiger partial charge in [-0.2, -0.15) is 4.31 Å². The second-order valence-corrected chi connectivity index (χ2v) is 6.44. The van der Waals surface area contributed by atoms with E-state index in [-0.39, 0.29) is 12.6 Å². The van der Waals surface area contributed by atoms with Crippen molar-refractivity contribution in [2.45, 2.75) is 37.6 Å². The minimum absolute atomic E-state index is 0.161. The zero-order valence-electron chi connectivity index (χ0n) is 12.0. The second kappa shape index (κ2) is 7.15. The van der Waals surface area contributed by atoms with Gasteiger partial charge in [0.2, 0.25) is 10.0 Å². The highest BCUT2D eigenvalue weighted by Crippen LogP contribution is 2.27. The minimum Gasteiger partial charge on any atom is -0.395 e. The van der Waals surface area contributed by atoms with Crippen molar-refractivity contribution in [3.63, 3.8) is 0 Å². The Hall–Kier alpha value is -1.25. The van der Waals surface area contributed by atoms with Crippen molar-refractivity contribution in [2.75, 3.05) is 18.9 Å². The summed E-state index contributed by atoms with van der Waals surface area (Å²) in [4.78, 5) is -0.679. The van der Waals surface area contributed by atoms with Crippen LogP contribution in [0, 0.1) is 11.6 Å². The third kappa shape index (κ3) is 3.50. The third-order valence-corrected chi connectivity index (χ3v) is 5.32. The average molecular weight is 322 g/mol. The van der Waals surface area contributed by atoms with Crippen LogP contribution in [-0.4, -0.2) is 37.0 Å². The monoisotopic (exact) mass is 322 g/mol. The first-order valence-corrected chi connectivity index (χ1v) is 8.11. The molecule has 0 aliphatic rings. The van der Waals surface area contributed by atoms with Crippen molar-refractivity contribution < 1.29 is 22.3 Å². The summed E-state index contributed by atoms with van der Waals surface area (Å²) in [6.45, 7) is 3.03. The maximum atomic E-state index is 14.0. The average Bonchev–Trinajstić information content (AvgIpc) is 2.44. The van der Waals surface area contributed by atoms with E-state index in [0.29, 0.717) is 12.8 Å². The molecule has 0 aromatic heterocycles. The van der Waals surface area contributed by atoms with Crippen LogP contribution in [0.15, 0.2) is 17.0 Å². The van der Waals surface area contributed by atoms with E-state index in [2.05, 4.69) is 0 Å². The number of hydrogen-bond donors (Lipinski definition) is 2. The first-order valence-electron chi connectivity index (χ1n) is 6.67. The fraction of sp³-hybridized carbons (Fsp3) is 0.538. The largest absolute Gasteiger partial charge is 0.395 e. The summed E-state index contributed by atoms with van der Waals surface area (Å²) in [6.07, 6.45) is 1.02. The number of aliphatic hydroxyl groups excluding tert-OH is 1. The number of halogens is 2. The highest BCUT2D eigenvalue weighted by atomic mass is 32.2. The molecule has 1 rings (SSSR count). The molecule has 0 aliphatic heterocycles. The van der Waals surface area contributed by atoms with Crippen molar-refractivity contribution in [3.8, 4) is 0 Å². The van der Waals surface area contributed by atoms with Crippen LogP contribution in [0.5, 0.6) is 0 Å².